The number of halogens is 26. The van der Waals surface area contributed by atoms with Crippen LogP contribution in [0.5, 0.6) is 34.5 Å². The second-order valence-corrected chi connectivity index (χ2v) is 37.2. The largest absolute Gasteiger partial charge is 0.506 e. The van der Waals surface area contributed by atoms with E-state index in [1.807, 2.05) is 22.6 Å². The molecule has 0 bridgehead atoms. The molecule has 718 valence electrons. The van der Waals surface area contributed by atoms with E-state index in [0.717, 1.165) is 116 Å². The number of phenolic OH excluding ortho intramolecular Hbond substituents is 1. The summed E-state index contributed by atoms with van der Waals surface area (Å²) in [6.07, 6.45) is -16.8. The number of hydrogen-bond acceptors (Lipinski definition) is 14. The van der Waals surface area contributed by atoms with Gasteiger partial charge in [0.2, 0.25) is 0 Å². The monoisotopic (exact) mass is 2300 g/mol. The second-order valence-electron chi connectivity index (χ2n) is 26.2. The Labute approximate surface area is 810 Å². The number of epoxide rings is 1. The molecule has 132 heavy (non-hydrogen) atoms. The summed E-state index contributed by atoms with van der Waals surface area (Å²) in [5, 5.41) is 37.8. The van der Waals surface area contributed by atoms with Crippen LogP contribution < -0.4 is 29.1 Å². The minimum Gasteiger partial charge on any atom is -0.506 e. The van der Waals surface area contributed by atoms with Crippen LogP contribution in [0.25, 0.3) is 55.6 Å². The van der Waals surface area contributed by atoms with Gasteiger partial charge in [0.15, 0.2) is 0 Å². The number of aliphatic hydroxyl groups excluding tert-OH is 1. The normalized spacial score (nSPS) is 13.3. The summed E-state index contributed by atoms with van der Waals surface area (Å²) in [6, 6.07) is 40.7. The fourth-order valence-corrected chi connectivity index (χ4v) is 15.1. The van der Waals surface area contributed by atoms with Gasteiger partial charge in [0, 0.05) is 57.6 Å². The first-order valence-electron chi connectivity index (χ1n) is 37.0. The molecule has 11 aromatic rings. The molecule has 2 atom stereocenters. The summed E-state index contributed by atoms with van der Waals surface area (Å²) in [5.41, 5.74) is -4.76. The van der Waals surface area contributed by atoms with Crippen molar-refractivity contribution in [3.8, 4) is 90.1 Å². The molecule has 0 spiro atoms. The van der Waals surface area contributed by atoms with E-state index in [-0.39, 0.29) is 133 Å². The second kappa shape index (κ2) is 55.6. The minimum absolute atomic E-state index is 0. The number of methoxy groups -OCH3 is 4. The van der Waals surface area contributed by atoms with Crippen molar-refractivity contribution < 1.29 is 146 Å². The Morgan fingerprint density at radius 1 is 0.432 bits per heavy atom. The van der Waals surface area contributed by atoms with Crippen molar-refractivity contribution in [2.24, 2.45) is 0 Å². The van der Waals surface area contributed by atoms with Crippen LogP contribution in [0.15, 0.2) is 221 Å². The van der Waals surface area contributed by atoms with Gasteiger partial charge < -0.3 is 53.4 Å². The number of aromatic hydroxyl groups is 1. The molecule has 42 heteroatoms. The summed E-state index contributed by atoms with van der Waals surface area (Å²) in [7, 11) is 3.68. The molecular formula is C90H86B2Br4F21IO11S3. The average Bonchev–Trinajstić information content (AvgIpc) is 0.923. The SMILES string of the molecule is BrB(Br)Br.BrCC1CO1.C.C.C.C1CCOC1.COc1c(I)cc(F)cc1-c1ccccc1C(F)(F)F.COc1c(SC)cc(F)cc1-c1ccccc1C(F)(F)F.COc1ccc(F)cc1-c1ccccc1C(F)(F)F.COc1ccc(F)cc1B(O)O.CSc1cc(F)cc(-c2ccccc2C(F)(F)F)c1O.OCC1CSc2cc(F)cc(-c3ccccc3C(F)(F)F)c2O1. The molecule has 0 saturated carbocycles. The Morgan fingerprint density at radius 3 is 1.13 bits per heavy atom. The lowest BCUT2D eigenvalue weighted by Crippen LogP contribution is -2.31. The molecule has 11 aromatic carbocycles. The number of ether oxygens (including phenoxy) is 7. The lowest BCUT2D eigenvalue weighted by Gasteiger charge is -2.27. The van der Waals surface area contributed by atoms with Crippen molar-refractivity contribution >= 4 is 137 Å². The standard InChI is InChI=1S/C16H12F4O2S.C15H12F4OS.C14H9F4IO.C14H10F4OS.C14H10F4O.C7H8BFO3.C4H8O.C3H5BrO.3CH4.BBr3/c17-9-5-12(11-3-1-2-4-13(11)16(18,19)20)15-14(6-9)23-8-10(7-21)22-15;1-20-14-11(7-9(16)8-13(14)21-2)10-5-3-4-6-12(10)15(17,18)19;1-20-13-10(6-8(15)7-12(13)19)9-4-2-3-5-11(9)14(16,17)18;1-20-12-7-8(15)6-10(13(12)19)9-4-2-3-5-11(9)14(16,17)18;1-19-13-7-6-9(15)8-11(13)10-4-2-3-5-12(10)14(16,17)18;1-12-7-3-2-5(9)4-6(7)8(10)11;1-2-4-5-3-1;4-1-3-2-5-3;;;;2-1(3)4/h1-6,10,21H,7-8H2;3-8H,1-2H3;2-7H,1H3;2-7,19H,1H3;2-8H,1H3;2-4,10-11H,1H3;1-4H2;3H,1-2H2;3*1H4;. The quantitative estimate of drug-likeness (QED) is 0.0204. The summed E-state index contributed by atoms with van der Waals surface area (Å²) in [5.74, 6) is -2.54. The van der Waals surface area contributed by atoms with Crippen molar-refractivity contribution in [3.63, 3.8) is 0 Å². The van der Waals surface area contributed by atoms with Crippen LogP contribution in [0.3, 0.4) is 0 Å². The van der Waals surface area contributed by atoms with Gasteiger partial charge in [-0.05, 0) is 191 Å². The molecule has 0 aliphatic carbocycles. The average molecular weight is 2310 g/mol. The van der Waals surface area contributed by atoms with Gasteiger partial charge in [0.1, 0.15) is 75.5 Å². The van der Waals surface area contributed by atoms with Gasteiger partial charge in [-0.15, -0.1) is 82.6 Å². The van der Waals surface area contributed by atoms with E-state index in [2.05, 4.69) is 63.2 Å². The molecule has 11 nitrogen and oxygen atoms in total. The third-order valence-corrected chi connectivity index (χ3v) is 21.7. The van der Waals surface area contributed by atoms with Gasteiger partial charge >= 0.3 is 41.2 Å². The first-order valence-corrected chi connectivity index (χ1v) is 45.4. The van der Waals surface area contributed by atoms with Gasteiger partial charge in [0.25, 0.3) is 0 Å². The van der Waals surface area contributed by atoms with E-state index >= 15 is 0 Å². The first kappa shape index (κ1) is 119. The minimum atomic E-state index is -4.57. The maximum Gasteiger partial charge on any atom is 0.492 e. The molecule has 3 aliphatic heterocycles. The summed E-state index contributed by atoms with van der Waals surface area (Å²) in [4.78, 5) is 1.07. The molecule has 0 amide bonds. The van der Waals surface area contributed by atoms with Crippen LogP contribution in [0.1, 0.15) is 62.9 Å². The highest BCUT2D eigenvalue weighted by Crippen LogP contribution is 2.50. The van der Waals surface area contributed by atoms with Crippen molar-refractivity contribution in [2.75, 3.05) is 78.5 Å². The Bertz CT molecular complexity index is 5440. The van der Waals surface area contributed by atoms with Gasteiger partial charge in [-0.3, -0.25) is 0 Å². The molecule has 2 unspecified atom stereocenters. The Kier molecular flexibility index (Phi) is 49.9. The third-order valence-electron chi connectivity index (χ3n) is 17.5. The van der Waals surface area contributed by atoms with E-state index in [4.69, 9.17) is 43.2 Å². The topological polar surface area (TPSA) is 149 Å². The van der Waals surface area contributed by atoms with E-state index < -0.39 is 107 Å². The van der Waals surface area contributed by atoms with E-state index in [9.17, 15) is 102 Å². The molecule has 4 N–H and O–H groups in total. The number of phenols is 1. The van der Waals surface area contributed by atoms with Crippen LogP contribution in [-0.2, 0) is 40.4 Å². The van der Waals surface area contributed by atoms with E-state index in [0.29, 0.717) is 25.2 Å². The van der Waals surface area contributed by atoms with Gasteiger partial charge in [-0.25, -0.2) is 26.3 Å². The molecular weight excluding hydrogens is 2220 g/mol. The van der Waals surface area contributed by atoms with Crippen LogP contribution in [0, 0.1) is 38.5 Å². The lowest BCUT2D eigenvalue weighted by atomic mass is 9.79. The van der Waals surface area contributed by atoms with Crippen molar-refractivity contribution in [3.05, 3.63) is 273 Å². The van der Waals surface area contributed by atoms with Crippen LogP contribution in [0.4, 0.5) is 92.2 Å². The number of rotatable bonds is 14. The predicted octanol–water partition coefficient (Wildman–Crippen LogP) is 29.3. The zero-order valence-corrected chi connectivity index (χ0v) is 78.7. The van der Waals surface area contributed by atoms with Gasteiger partial charge in [-0.1, -0.05) is 129 Å². The van der Waals surface area contributed by atoms with Crippen molar-refractivity contribution in [1.29, 1.82) is 0 Å². The molecule has 14 rings (SSSR count). The summed E-state index contributed by atoms with van der Waals surface area (Å²) < 4.78 is 312. The van der Waals surface area contributed by atoms with Crippen LogP contribution >= 0.6 is 121 Å². The van der Waals surface area contributed by atoms with Gasteiger partial charge in [-0.2, -0.15) is 65.9 Å². The number of alkyl halides is 16. The van der Waals surface area contributed by atoms with Crippen LogP contribution in [-0.4, -0.2) is 121 Å². The highest BCUT2D eigenvalue weighted by Gasteiger charge is 2.40. The summed E-state index contributed by atoms with van der Waals surface area (Å²) >= 11 is 17.9. The van der Waals surface area contributed by atoms with E-state index in [1.54, 1.807) is 12.5 Å². The molecule has 2 saturated heterocycles. The van der Waals surface area contributed by atoms with Crippen molar-refractivity contribution in [1.82, 2.24) is 0 Å². The molecule has 0 radical (unpaired) electrons. The molecule has 0 aromatic heterocycles. The highest BCUT2D eigenvalue weighted by atomic mass is 127. The predicted molar refractivity (Wildman–Crippen MR) is 503 cm³/mol. The third kappa shape index (κ3) is 35.8. The van der Waals surface area contributed by atoms with Crippen molar-refractivity contribution in [2.45, 2.75) is 92.9 Å². The number of aliphatic hydroxyl groups is 1. The Balaban J connectivity index is 0.000000396. The fourth-order valence-electron chi connectivity index (χ4n) is 11.8. The lowest BCUT2D eigenvalue weighted by molar-refractivity contribution is -0.137. The number of hydrogen-bond donors (Lipinski definition) is 4. The molecule has 2 fully saturated rings. The van der Waals surface area contributed by atoms with Crippen LogP contribution in [0.2, 0.25) is 0 Å². The zero-order chi connectivity index (χ0) is 96.1. The number of benzene rings is 11. The smallest absolute Gasteiger partial charge is 0.492 e. The fraction of sp³-hybridized carbons (Fsp3) is 0.267. The Morgan fingerprint density at radius 2 is 0.773 bits per heavy atom. The number of thioether (sulfide) groups is 3. The first-order chi connectivity index (χ1) is 60.7. The van der Waals surface area contributed by atoms with Gasteiger partial charge in [0.05, 0.1) is 93.8 Å². The summed E-state index contributed by atoms with van der Waals surface area (Å²) in [6.45, 7) is 2.70. The zero-order valence-electron chi connectivity index (χ0n) is 67.8. The van der Waals surface area contributed by atoms with E-state index in [1.165, 1.54) is 192 Å². The molecule has 3 aliphatic rings. The highest BCUT2D eigenvalue weighted by molar-refractivity contribution is 14.1. The maximum atomic E-state index is 13.8. The Hall–Kier alpha value is -7.62. The number of fused-ring (bicyclic) bond motifs is 1. The molecule has 3 heterocycles. The maximum absolute atomic E-state index is 13.8.